The van der Waals surface area contributed by atoms with Gasteiger partial charge in [-0.3, -0.25) is 9.78 Å². The molecule has 0 spiro atoms. The fourth-order valence-electron chi connectivity index (χ4n) is 3.17. The summed E-state index contributed by atoms with van der Waals surface area (Å²) in [5.74, 6) is 0.330. The Morgan fingerprint density at radius 3 is 2.52 bits per heavy atom. The number of hydrogen-bond donors (Lipinski definition) is 1. The van der Waals surface area contributed by atoms with Gasteiger partial charge in [-0.2, -0.15) is 0 Å². The number of nitrogens with zero attached hydrogens (tertiary/aromatic N) is 3. The first kappa shape index (κ1) is 18.9. The summed E-state index contributed by atoms with van der Waals surface area (Å²) in [7, 11) is 1.57. The number of benzene rings is 1. The number of ether oxygens (including phenoxy) is 2. The molecule has 0 radical (unpaired) electrons. The number of methoxy groups -OCH3 is 1. The number of nitrogens with one attached hydrogen (secondary N) is 1. The molecule has 3 aromatic rings. The van der Waals surface area contributed by atoms with Gasteiger partial charge in [0.15, 0.2) is 0 Å². The lowest BCUT2D eigenvalue weighted by atomic mass is 10.1. The van der Waals surface area contributed by atoms with Gasteiger partial charge in [-0.15, -0.1) is 0 Å². The quantitative estimate of drug-likeness (QED) is 0.721. The number of anilines is 2. The molecule has 0 bridgehead atoms. The van der Waals surface area contributed by atoms with Crippen LogP contribution in [0.5, 0.6) is 5.88 Å². The maximum atomic E-state index is 12.7. The van der Waals surface area contributed by atoms with Crippen molar-refractivity contribution in [3.63, 3.8) is 0 Å². The highest BCUT2D eigenvalue weighted by Gasteiger charge is 2.12. The molecular weight excluding hydrogens is 368 g/mol. The van der Waals surface area contributed by atoms with Gasteiger partial charge < -0.3 is 19.7 Å². The lowest BCUT2D eigenvalue weighted by Gasteiger charge is -2.28. The Labute approximate surface area is 169 Å². The van der Waals surface area contributed by atoms with Crippen LogP contribution >= 0.6 is 0 Å². The largest absolute Gasteiger partial charge is 0.481 e. The van der Waals surface area contributed by atoms with Crippen LogP contribution in [0.25, 0.3) is 11.1 Å². The minimum absolute atomic E-state index is 0.208. The van der Waals surface area contributed by atoms with Crippen molar-refractivity contribution in [1.29, 1.82) is 0 Å². The zero-order valence-electron chi connectivity index (χ0n) is 16.2. The molecule has 148 valence electrons. The van der Waals surface area contributed by atoms with Gasteiger partial charge in [0, 0.05) is 60.2 Å². The Balaban J connectivity index is 1.45. The van der Waals surface area contributed by atoms with E-state index in [4.69, 9.17) is 9.47 Å². The van der Waals surface area contributed by atoms with Gasteiger partial charge in [-0.05, 0) is 36.4 Å². The molecule has 1 amide bonds. The van der Waals surface area contributed by atoms with E-state index in [1.807, 2.05) is 30.3 Å². The molecule has 29 heavy (non-hydrogen) atoms. The van der Waals surface area contributed by atoms with Crippen LogP contribution in [0, 0.1) is 0 Å². The third-order valence-electron chi connectivity index (χ3n) is 4.78. The maximum Gasteiger partial charge on any atom is 0.257 e. The zero-order valence-corrected chi connectivity index (χ0v) is 16.2. The van der Waals surface area contributed by atoms with E-state index < -0.39 is 0 Å². The van der Waals surface area contributed by atoms with Crippen molar-refractivity contribution in [2.45, 2.75) is 0 Å². The maximum absolute atomic E-state index is 12.7. The Bertz CT molecular complexity index is 968. The Kier molecular flexibility index (Phi) is 5.67. The number of amides is 1. The van der Waals surface area contributed by atoms with E-state index in [-0.39, 0.29) is 5.91 Å². The second kappa shape index (κ2) is 8.70. The Hall–Kier alpha value is -3.45. The third kappa shape index (κ3) is 4.52. The van der Waals surface area contributed by atoms with E-state index in [1.54, 1.807) is 37.8 Å². The molecule has 3 heterocycles. The predicted molar refractivity (Wildman–Crippen MR) is 111 cm³/mol. The summed E-state index contributed by atoms with van der Waals surface area (Å²) in [6.45, 7) is 3.24. The molecule has 0 unspecified atom stereocenters. The molecule has 1 saturated heterocycles. The normalized spacial score (nSPS) is 13.8. The van der Waals surface area contributed by atoms with Crippen molar-refractivity contribution in [2.75, 3.05) is 43.6 Å². The van der Waals surface area contributed by atoms with Crippen molar-refractivity contribution in [3.05, 3.63) is 66.6 Å². The van der Waals surface area contributed by atoms with E-state index in [9.17, 15) is 4.79 Å². The molecule has 0 aliphatic carbocycles. The molecule has 7 nitrogen and oxygen atoms in total. The summed E-state index contributed by atoms with van der Waals surface area (Å²) >= 11 is 0. The number of hydrogen-bond acceptors (Lipinski definition) is 6. The molecule has 1 aliphatic rings. The van der Waals surface area contributed by atoms with Crippen LogP contribution in [0.15, 0.2) is 61.1 Å². The van der Waals surface area contributed by atoms with Gasteiger partial charge in [-0.25, -0.2) is 4.98 Å². The molecule has 7 heteroatoms. The standard InChI is InChI=1S/C22H22N4O3/c1-28-21-7-2-16(15-24-21)17-12-18(14-23-13-17)22(27)25-19-3-5-20(6-4-19)26-8-10-29-11-9-26/h2-7,12-15H,8-11H2,1H3,(H,25,27). The van der Waals surface area contributed by atoms with Gasteiger partial charge in [0.1, 0.15) is 0 Å². The van der Waals surface area contributed by atoms with Crippen LogP contribution in [0.4, 0.5) is 11.4 Å². The molecule has 0 atom stereocenters. The van der Waals surface area contributed by atoms with Gasteiger partial charge in [0.25, 0.3) is 5.91 Å². The van der Waals surface area contributed by atoms with Crippen LogP contribution < -0.4 is 15.0 Å². The molecule has 1 N–H and O–H groups in total. The van der Waals surface area contributed by atoms with Gasteiger partial charge in [0.05, 0.1) is 25.9 Å². The van der Waals surface area contributed by atoms with Crippen molar-refractivity contribution >= 4 is 17.3 Å². The topological polar surface area (TPSA) is 76.6 Å². The zero-order chi connectivity index (χ0) is 20.1. The van der Waals surface area contributed by atoms with Crippen LogP contribution in [0.3, 0.4) is 0 Å². The number of pyridine rings is 2. The highest BCUT2D eigenvalue weighted by Crippen LogP contribution is 2.22. The monoisotopic (exact) mass is 390 g/mol. The number of aromatic nitrogens is 2. The minimum atomic E-state index is -0.208. The fraction of sp³-hybridized carbons (Fsp3) is 0.227. The minimum Gasteiger partial charge on any atom is -0.481 e. The van der Waals surface area contributed by atoms with E-state index >= 15 is 0 Å². The highest BCUT2D eigenvalue weighted by molar-refractivity contribution is 6.04. The molecule has 1 aliphatic heterocycles. The smallest absolute Gasteiger partial charge is 0.257 e. The van der Waals surface area contributed by atoms with E-state index in [1.165, 1.54) is 0 Å². The summed E-state index contributed by atoms with van der Waals surface area (Å²) in [6, 6.07) is 13.3. The first-order valence-electron chi connectivity index (χ1n) is 9.42. The van der Waals surface area contributed by atoms with E-state index in [0.717, 1.165) is 48.8 Å². The Morgan fingerprint density at radius 2 is 1.83 bits per heavy atom. The Morgan fingerprint density at radius 1 is 1.03 bits per heavy atom. The number of rotatable bonds is 5. The van der Waals surface area contributed by atoms with Crippen LogP contribution in [-0.2, 0) is 4.74 Å². The number of carbonyl (C=O) groups excluding carboxylic acids is 1. The SMILES string of the molecule is COc1ccc(-c2cncc(C(=O)Nc3ccc(N4CCOCC4)cc3)c2)cn1. The second-order valence-corrected chi connectivity index (χ2v) is 6.65. The van der Waals surface area contributed by atoms with Crippen molar-refractivity contribution in [3.8, 4) is 17.0 Å². The summed E-state index contributed by atoms with van der Waals surface area (Å²) in [4.78, 5) is 23.3. The second-order valence-electron chi connectivity index (χ2n) is 6.65. The third-order valence-corrected chi connectivity index (χ3v) is 4.78. The first-order chi connectivity index (χ1) is 14.2. The molecule has 4 rings (SSSR count). The summed E-state index contributed by atoms with van der Waals surface area (Å²) < 4.78 is 10.5. The average molecular weight is 390 g/mol. The molecular formula is C22H22N4O3. The van der Waals surface area contributed by atoms with Crippen molar-refractivity contribution in [2.24, 2.45) is 0 Å². The van der Waals surface area contributed by atoms with Crippen molar-refractivity contribution < 1.29 is 14.3 Å². The fourth-order valence-corrected chi connectivity index (χ4v) is 3.17. The van der Waals surface area contributed by atoms with Gasteiger partial charge in [0.2, 0.25) is 5.88 Å². The lowest BCUT2D eigenvalue weighted by molar-refractivity contribution is 0.102. The first-order valence-corrected chi connectivity index (χ1v) is 9.42. The molecule has 2 aromatic heterocycles. The molecule has 1 fully saturated rings. The summed E-state index contributed by atoms with van der Waals surface area (Å²) in [5, 5.41) is 2.93. The van der Waals surface area contributed by atoms with Crippen molar-refractivity contribution in [1.82, 2.24) is 9.97 Å². The number of carbonyl (C=O) groups is 1. The predicted octanol–water partition coefficient (Wildman–Crippen LogP) is 3.24. The summed E-state index contributed by atoms with van der Waals surface area (Å²) in [5.41, 5.74) is 4.03. The highest BCUT2D eigenvalue weighted by atomic mass is 16.5. The lowest BCUT2D eigenvalue weighted by Crippen LogP contribution is -2.36. The van der Waals surface area contributed by atoms with Crippen LogP contribution in [0.2, 0.25) is 0 Å². The molecule has 0 saturated carbocycles. The number of morpholine rings is 1. The molecule has 1 aromatic carbocycles. The van der Waals surface area contributed by atoms with Gasteiger partial charge in [-0.1, -0.05) is 0 Å². The summed E-state index contributed by atoms with van der Waals surface area (Å²) in [6.07, 6.45) is 4.96. The van der Waals surface area contributed by atoms with Crippen LogP contribution in [-0.4, -0.2) is 49.3 Å². The van der Waals surface area contributed by atoms with E-state index in [2.05, 4.69) is 20.2 Å². The average Bonchev–Trinajstić information content (AvgIpc) is 2.80. The van der Waals surface area contributed by atoms with E-state index in [0.29, 0.717) is 11.4 Å². The van der Waals surface area contributed by atoms with Crippen LogP contribution in [0.1, 0.15) is 10.4 Å². The van der Waals surface area contributed by atoms with Gasteiger partial charge >= 0.3 is 0 Å².